The molecule has 3 rings (SSSR count). The number of imide groups is 1. The molecule has 0 saturated carbocycles. The summed E-state index contributed by atoms with van der Waals surface area (Å²) < 4.78 is 0. The zero-order valence-corrected chi connectivity index (χ0v) is 23.4. The van der Waals surface area contributed by atoms with Gasteiger partial charge in [0.25, 0.3) is 11.8 Å². The van der Waals surface area contributed by atoms with Gasteiger partial charge in [0, 0.05) is 18.0 Å². The number of hydrogen-bond acceptors (Lipinski definition) is 6. The second-order valence-corrected chi connectivity index (χ2v) is 9.60. The molecule has 0 heterocycles. The van der Waals surface area contributed by atoms with Crippen LogP contribution in [-0.2, 0) is 20.9 Å². The van der Waals surface area contributed by atoms with Crippen molar-refractivity contribution < 1.29 is 24.3 Å². The molecule has 0 spiro atoms. The van der Waals surface area contributed by atoms with Crippen molar-refractivity contribution in [1.29, 1.82) is 0 Å². The van der Waals surface area contributed by atoms with Crippen molar-refractivity contribution in [3.05, 3.63) is 107 Å². The molecule has 42 heavy (non-hydrogen) atoms. The molecule has 11 nitrogen and oxygen atoms in total. The molecule has 0 aliphatic carbocycles. The normalized spacial score (nSPS) is 11.4. The highest BCUT2D eigenvalue weighted by molar-refractivity contribution is 6.08. The number of carbonyl (C=O) groups is 4. The van der Waals surface area contributed by atoms with Crippen molar-refractivity contribution in [1.82, 2.24) is 15.5 Å². The molecule has 3 amide bonds. The Morgan fingerprint density at radius 1 is 0.881 bits per heavy atom. The molecule has 3 aromatic carbocycles. The van der Waals surface area contributed by atoms with Crippen LogP contribution in [0.4, 0.5) is 0 Å². The standard InChI is InChI=1S/C31H36N6O5/c1-34-20-27(38)36-26(18-28(39)40)30(42)37(29(41)25-15-9-8-14-23(25)19-35-31(32)33)17-16-24(21-10-4-2-5-11-21)22-12-6-3-7-13-22/h2-15,24,26,34H,16-20H2,1H3,(H,36,38)(H,39,40)(H4,32,33,35)/t26-/m0/s1. The first-order chi connectivity index (χ1) is 20.2. The van der Waals surface area contributed by atoms with E-state index < -0.39 is 36.2 Å². The van der Waals surface area contributed by atoms with Gasteiger partial charge < -0.3 is 27.2 Å². The van der Waals surface area contributed by atoms with Gasteiger partial charge in [0.1, 0.15) is 6.04 Å². The molecule has 0 aromatic heterocycles. The maximum atomic E-state index is 14.1. The van der Waals surface area contributed by atoms with Crippen LogP contribution in [0.5, 0.6) is 0 Å². The van der Waals surface area contributed by atoms with Gasteiger partial charge in [0.2, 0.25) is 5.91 Å². The number of nitrogens with zero attached hydrogens (tertiary/aromatic N) is 2. The lowest BCUT2D eigenvalue weighted by atomic mass is 9.88. The fraction of sp³-hybridized carbons (Fsp3) is 0.258. The van der Waals surface area contributed by atoms with Crippen molar-refractivity contribution in [3.8, 4) is 0 Å². The Morgan fingerprint density at radius 3 is 2.00 bits per heavy atom. The Morgan fingerprint density at radius 2 is 1.45 bits per heavy atom. The molecule has 11 heteroatoms. The van der Waals surface area contributed by atoms with Gasteiger partial charge in [-0.15, -0.1) is 0 Å². The third-order valence-electron chi connectivity index (χ3n) is 6.59. The number of nitrogens with two attached hydrogens (primary N) is 2. The van der Waals surface area contributed by atoms with Crippen LogP contribution in [0.3, 0.4) is 0 Å². The molecule has 0 fully saturated rings. The van der Waals surface area contributed by atoms with Crippen molar-refractivity contribution in [2.75, 3.05) is 20.1 Å². The quantitative estimate of drug-likeness (QED) is 0.143. The van der Waals surface area contributed by atoms with E-state index in [1.807, 2.05) is 60.7 Å². The summed E-state index contributed by atoms with van der Waals surface area (Å²) in [5, 5.41) is 14.7. The molecule has 0 aliphatic heterocycles. The van der Waals surface area contributed by atoms with E-state index in [1.54, 1.807) is 31.3 Å². The Kier molecular flexibility index (Phi) is 11.8. The van der Waals surface area contributed by atoms with Gasteiger partial charge in [0.05, 0.1) is 19.5 Å². The summed E-state index contributed by atoms with van der Waals surface area (Å²) in [5.41, 5.74) is 13.6. The number of likely N-dealkylation sites (N-methyl/N-ethyl adjacent to an activating group) is 1. The van der Waals surface area contributed by atoms with E-state index in [9.17, 15) is 24.3 Å². The smallest absolute Gasteiger partial charge is 0.305 e. The van der Waals surface area contributed by atoms with Gasteiger partial charge in [-0.2, -0.15) is 0 Å². The predicted octanol–water partition coefficient (Wildman–Crippen LogP) is 1.83. The number of aliphatic carboxylic acids is 1. The van der Waals surface area contributed by atoms with Crippen LogP contribution < -0.4 is 22.1 Å². The van der Waals surface area contributed by atoms with Gasteiger partial charge >= 0.3 is 5.97 Å². The van der Waals surface area contributed by atoms with Gasteiger partial charge in [-0.05, 0) is 36.2 Å². The minimum absolute atomic E-state index is 0.000390. The number of amides is 3. The fourth-order valence-corrected chi connectivity index (χ4v) is 4.62. The van der Waals surface area contributed by atoms with E-state index in [-0.39, 0.29) is 37.1 Å². The number of carbonyl (C=O) groups excluding carboxylic acids is 3. The first-order valence-electron chi connectivity index (χ1n) is 13.5. The summed E-state index contributed by atoms with van der Waals surface area (Å²) >= 11 is 0. The number of guanidine groups is 1. The lowest BCUT2D eigenvalue weighted by Gasteiger charge is -2.28. The number of aliphatic imine (C=N–C) groups is 1. The SMILES string of the molecule is CNCC(=O)N[C@@H](CC(=O)O)C(=O)N(CCC(c1ccccc1)c1ccccc1)C(=O)c1ccccc1CN=C(N)N. The van der Waals surface area contributed by atoms with Crippen LogP contribution in [0, 0.1) is 0 Å². The van der Waals surface area contributed by atoms with Gasteiger partial charge in [-0.1, -0.05) is 78.9 Å². The fourth-order valence-electron chi connectivity index (χ4n) is 4.62. The first-order valence-corrected chi connectivity index (χ1v) is 13.5. The number of carboxylic acid groups (broad SMARTS) is 1. The number of nitrogens with one attached hydrogen (secondary N) is 2. The summed E-state index contributed by atoms with van der Waals surface area (Å²) in [6.07, 6.45) is -0.361. The molecule has 3 aromatic rings. The van der Waals surface area contributed by atoms with E-state index in [0.717, 1.165) is 16.0 Å². The van der Waals surface area contributed by atoms with E-state index in [2.05, 4.69) is 15.6 Å². The molecule has 0 aliphatic rings. The predicted molar refractivity (Wildman–Crippen MR) is 159 cm³/mol. The summed E-state index contributed by atoms with van der Waals surface area (Å²) in [5.74, 6) is -3.70. The molecule has 7 N–H and O–H groups in total. The van der Waals surface area contributed by atoms with Crippen LogP contribution in [-0.4, -0.2) is 65.8 Å². The second kappa shape index (κ2) is 15.7. The van der Waals surface area contributed by atoms with Crippen LogP contribution in [0.1, 0.15) is 45.8 Å². The third kappa shape index (κ3) is 9.00. The first kappa shape index (κ1) is 31.5. The van der Waals surface area contributed by atoms with E-state index in [1.165, 1.54) is 0 Å². The molecule has 220 valence electrons. The van der Waals surface area contributed by atoms with Crippen LogP contribution in [0.2, 0.25) is 0 Å². The lowest BCUT2D eigenvalue weighted by Crippen LogP contribution is -2.53. The van der Waals surface area contributed by atoms with Crippen molar-refractivity contribution >= 4 is 29.7 Å². The monoisotopic (exact) mass is 572 g/mol. The van der Waals surface area contributed by atoms with E-state index >= 15 is 0 Å². The van der Waals surface area contributed by atoms with Gasteiger partial charge in [0.15, 0.2) is 5.96 Å². The highest BCUT2D eigenvalue weighted by Gasteiger charge is 2.33. The Balaban J connectivity index is 2.03. The molecule has 0 bridgehead atoms. The van der Waals surface area contributed by atoms with Gasteiger partial charge in [-0.25, -0.2) is 4.99 Å². The number of rotatable bonds is 14. The minimum Gasteiger partial charge on any atom is -0.481 e. The average Bonchev–Trinajstić information content (AvgIpc) is 2.98. The topological polar surface area (TPSA) is 180 Å². The lowest BCUT2D eigenvalue weighted by molar-refractivity contribution is -0.142. The molecular formula is C31H36N6O5. The molecule has 0 radical (unpaired) electrons. The Hall–Kier alpha value is -5.03. The van der Waals surface area contributed by atoms with Crippen LogP contribution >= 0.6 is 0 Å². The minimum atomic E-state index is -1.47. The molecule has 0 unspecified atom stereocenters. The van der Waals surface area contributed by atoms with Crippen LogP contribution in [0.25, 0.3) is 0 Å². The van der Waals surface area contributed by atoms with Gasteiger partial charge in [-0.3, -0.25) is 24.1 Å². The Bertz CT molecular complexity index is 1350. The van der Waals surface area contributed by atoms with Crippen molar-refractivity contribution in [2.24, 2.45) is 16.5 Å². The largest absolute Gasteiger partial charge is 0.481 e. The highest BCUT2D eigenvalue weighted by atomic mass is 16.4. The number of benzene rings is 3. The average molecular weight is 573 g/mol. The third-order valence-corrected chi connectivity index (χ3v) is 6.59. The van der Waals surface area contributed by atoms with E-state index in [4.69, 9.17) is 11.5 Å². The Labute approximate surface area is 244 Å². The van der Waals surface area contributed by atoms with Crippen molar-refractivity contribution in [3.63, 3.8) is 0 Å². The second-order valence-electron chi connectivity index (χ2n) is 9.60. The maximum absolute atomic E-state index is 14.1. The van der Waals surface area contributed by atoms with Crippen LogP contribution in [0.15, 0.2) is 89.9 Å². The van der Waals surface area contributed by atoms with Crippen molar-refractivity contribution in [2.45, 2.75) is 31.3 Å². The summed E-state index contributed by atoms with van der Waals surface area (Å²) in [7, 11) is 1.55. The number of carboxylic acids is 1. The molecule has 1 atom stereocenters. The van der Waals surface area contributed by atoms with E-state index in [0.29, 0.717) is 12.0 Å². The number of hydrogen-bond donors (Lipinski definition) is 5. The molecule has 0 saturated heterocycles. The molecular weight excluding hydrogens is 536 g/mol. The zero-order chi connectivity index (χ0) is 30.5. The summed E-state index contributed by atoms with van der Waals surface area (Å²) in [6, 6.07) is 24.5. The highest BCUT2D eigenvalue weighted by Crippen LogP contribution is 2.29. The summed E-state index contributed by atoms with van der Waals surface area (Å²) in [4.78, 5) is 57.1. The summed E-state index contributed by atoms with van der Waals surface area (Å²) in [6.45, 7) is -0.191. The zero-order valence-electron chi connectivity index (χ0n) is 23.4. The maximum Gasteiger partial charge on any atom is 0.305 e.